The molecule has 0 saturated carbocycles. The fraction of sp³-hybridized carbons (Fsp3) is 0.105. The number of aryl methyl sites for hydroxylation is 1. The lowest BCUT2D eigenvalue weighted by atomic mass is 9.98. The summed E-state index contributed by atoms with van der Waals surface area (Å²) in [6, 6.07) is 15.0. The molecule has 116 valence electrons. The standard InChI is InChI=1S/C19H17FN2S/c1-12-10-14(5-7-16(12)20)19-15(4-3-9-22-19)13-6-8-18(23-2)17(21)11-13/h3-11H,21H2,1-2H3. The molecule has 2 N–H and O–H groups in total. The molecule has 0 aliphatic carbocycles. The quantitative estimate of drug-likeness (QED) is 0.534. The fourth-order valence-electron chi connectivity index (χ4n) is 2.56. The van der Waals surface area contributed by atoms with E-state index in [0.717, 1.165) is 33.0 Å². The fourth-order valence-corrected chi connectivity index (χ4v) is 3.06. The van der Waals surface area contributed by atoms with Crippen molar-refractivity contribution in [3.05, 3.63) is 66.1 Å². The summed E-state index contributed by atoms with van der Waals surface area (Å²) >= 11 is 1.62. The Bertz CT molecular complexity index is 862. The third kappa shape index (κ3) is 3.08. The highest BCUT2D eigenvalue weighted by molar-refractivity contribution is 7.98. The summed E-state index contributed by atoms with van der Waals surface area (Å²) < 4.78 is 13.5. The van der Waals surface area contributed by atoms with Gasteiger partial charge >= 0.3 is 0 Å². The molecule has 0 aliphatic heterocycles. The first kappa shape index (κ1) is 15.6. The Hall–Kier alpha value is -2.33. The van der Waals surface area contributed by atoms with Crippen molar-refractivity contribution in [3.8, 4) is 22.4 Å². The number of halogens is 1. The number of nitrogens with two attached hydrogens (primary N) is 1. The summed E-state index contributed by atoms with van der Waals surface area (Å²) in [4.78, 5) is 5.55. The lowest BCUT2D eigenvalue weighted by molar-refractivity contribution is 0.619. The van der Waals surface area contributed by atoms with E-state index in [2.05, 4.69) is 4.98 Å². The third-order valence-electron chi connectivity index (χ3n) is 3.78. The zero-order valence-corrected chi connectivity index (χ0v) is 13.8. The summed E-state index contributed by atoms with van der Waals surface area (Å²) in [7, 11) is 0. The van der Waals surface area contributed by atoms with E-state index in [1.54, 1.807) is 30.9 Å². The lowest BCUT2D eigenvalue weighted by Crippen LogP contribution is -1.93. The molecule has 0 amide bonds. The highest BCUT2D eigenvalue weighted by atomic mass is 32.2. The average molecular weight is 324 g/mol. The molecular weight excluding hydrogens is 307 g/mol. The molecule has 3 rings (SSSR count). The van der Waals surface area contributed by atoms with Gasteiger partial charge in [-0.1, -0.05) is 12.1 Å². The van der Waals surface area contributed by atoms with Crippen molar-refractivity contribution in [2.45, 2.75) is 11.8 Å². The molecule has 1 heterocycles. The van der Waals surface area contributed by atoms with Crippen molar-refractivity contribution in [1.82, 2.24) is 4.98 Å². The maximum atomic E-state index is 13.5. The number of rotatable bonds is 3. The van der Waals surface area contributed by atoms with Crippen molar-refractivity contribution in [2.24, 2.45) is 0 Å². The monoisotopic (exact) mass is 324 g/mol. The maximum absolute atomic E-state index is 13.5. The summed E-state index contributed by atoms with van der Waals surface area (Å²) in [6.07, 6.45) is 3.75. The molecule has 0 bridgehead atoms. The summed E-state index contributed by atoms with van der Waals surface area (Å²) in [5.74, 6) is -0.209. The van der Waals surface area contributed by atoms with Gasteiger partial charge in [-0.3, -0.25) is 4.98 Å². The van der Waals surface area contributed by atoms with Crippen molar-refractivity contribution < 1.29 is 4.39 Å². The Morgan fingerprint density at radius 1 is 1.04 bits per heavy atom. The van der Waals surface area contributed by atoms with Gasteiger partial charge in [0.15, 0.2) is 0 Å². The topological polar surface area (TPSA) is 38.9 Å². The molecule has 1 aromatic heterocycles. The first-order valence-corrected chi connectivity index (χ1v) is 8.48. The number of benzene rings is 2. The van der Waals surface area contributed by atoms with Crippen LogP contribution in [-0.2, 0) is 0 Å². The minimum atomic E-state index is -0.209. The highest BCUT2D eigenvalue weighted by Gasteiger charge is 2.11. The van der Waals surface area contributed by atoms with E-state index < -0.39 is 0 Å². The molecule has 0 spiro atoms. The van der Waals surface area contributed by atoms with Crippen LogP contribution in [0.4, 0.5) is 10.1 Å². The van der Waals surface area contributed by atoms with E-state index in [-0.39, 0.29) is 5.82 Å². The molecule has 0 radical (unpaired) electrons. The first-order chi connectivity index (χ1) is 11.1. The van der Waals surface area contributed by atoms with Gasteiger partial charge in [-0.2, -0.15) is 0 Å². The Balaban J connectivity index is 2.14. The SMILES string of the molecule is CSc1ccc(-c2cccnc2-c2ccc(F)c(C)c2)cc1N. The molecule has 23 heavy (non-hydrogen) atoms. The zero-order valence-electron chi connectivity index (χ0n) is 13.0. The normalized spacial score (nSPS) is 10.7. The van der Waals surface area contributed by atoms with Crippen molar-refractivity contribution in [3.63, 3.8) is 0 Å². The summed E-state index contributed by atoms with van der Waals surface area (Å²) in [5, 5.41) is 0. The second-order valence-electron chi connectivity index (χ2n) is 5.32. The van der Waals surface area contributed by atoms with E-state index in [1.807, 2.05) is 42.7 Å². The van der Waals surface area contributed by atoms with Crippen LogP contribution in [0.1, 0.15) is 5.56 Å². The highest BCUT2D eigenvalue weighted by Crippen LogP contribution is 2.34. The van der Waals surface area contributed by atoms with Gasteiger partial charge < -0.3 is 5.73 Å². The van der Waals surface area contributed by atoms with Gasteiger partial charge in [-0.15, -0.1) is 11.8 Å². The zero-order chi connectivity index (χ0) is 16.4. The van der Waals surface area contributed by atoms with Crippen LogP contribution in [0, 0.1) is 12.7 Å². The van der Waals surface area contributed by atoms with E-state index in [0.29, 0.717) is 5.56 Å². The first-order valence-electron chi connectivity index (χ1n) is 7.25. The molecule has 2 aromatic carbocycles. The molecule has 0 atom stereocenters. The van der Waals surface area contributed by atoms with Gasteiger partial charge in [0.05, 0.1) is 5.69 Å². The van der Waals surface area contributed by atoms with Crippen LogP contribution in [0.15, 0.2) is 59.6 Å². The van der Waals surface area contributed by atoms with Gasteiger partial charge in [0.2, 0.25) is 0 Å². The van der Waals surface area contributed by atoms with Gasteiger partial charge in [-0.05, 0) is 60.7 Å². The Morgan fingerprint density at radius 3 is 2.52 bits per heavy atom. The maximum Gasteiger partial charge on any atom is 0.126 e. The molecule has 2 nitrogen and oxygen atoms in total. The molecule has 0 saturated heterocycles. The van der Waals surface area contributed by atoms with Gasteiger partial charge in [-0.25, -0.2) is 4.39 Å². The van der Waals surface area contributed by atoms with Crippen LogP contribution in [0.2, 0.25) is 0 Å². The van der Waals surface area contributed by atoms with Crippen LogP contribution in [0.3, 0.4) is 0 Å². The van der Waals surface area contributed by atoms with E-state index in [4.69, 9.17) is 5.73 Å². The number of pyridine rings is 1. The summed E-state index contributed by atoms with van der Waals surface area (Å²) in [5.41, 5.74) is 11.2. The smallest absolute Gasteiger partial charge is 0.126 e. The lowest BCUT2D eigenvalue weighted by Gasteiger charge is -2.11. The third-order valence-corrected chi connectivity index (χ3v) is 4.59. The predicted octanol–water partition coefficient (Wildman–Crippen LogP) is 5.17. The van der Waals surface area contributed by atoms with E-state index in [9.17, 15) is 4.39 Å². The van der Waals surface area contributed by atoms with Crippen molar-refractivity contribution in [1.29, 1.82) is 0 Å². The minimum absolute atomic E-state index is 0.209. The average Bonchev–Trinajstić information content (AvgIpc) is 2.57. The van der Waals surface area contributed by atoms with Crippen molar-refractivity contribution >= 4 is 17.4 Å². The second kappa shape index (κ2) is 6.42. The predicted molar refractivity (Wildman–Crippen MR) is 96.0 cm³/mol. The Labute approximate surface area is 139 Å². The largest absolute Gasteiger partial charge is 0.398 e. The van der Waals surface area contributed by atoms with Crippen LogP contribution < -0.4 is 5.73 Å². The number of hydrogen-bond acceptors (Lipinski definition) is 3. The summed E-state index contributed by atoms with van der Waals surface area (Å²) in [6.45, 7) is 1.76. The molecule has 4 heteroatoms. The minimum Gasteiger partial charge on any atom is -0.398 e. The molecular formula is C19H17FN2S. The number of aromatic nitrogens is 1. The Morgan fingerprint density at radius 2 is 1.83 bits per heavy atom. The number of nitrogen functional groups attached to an aromatic ring is 1. The van der Waals surface area contributed by atoms with Gasteiger partial charge in [0.1, 0.15) is 5.82 Å². The Kier molecular flexibility index (Phi) is 4.35. The van der Waals surface area contributed by atoms with Crippen LogP contribution >= 0.6 is 11.8 Å². The molecule has 0 unspecified atom stereocenters. The molecule has 0 fully saturated rings. The van der Waals surface area contributed by atoms with Crippen LogP contribution in [-0.4, -0.2) is 11.2 Å². The molecule has 3 aromatic rings. The number of thioether (sulfide) groups is 1. The van der Waals surface area contributed by atoms with Crippen LogP contribution in [0.5, 0.6) is 0 Å². The second-order valence-corrected chi connectivity index (χ2v) is 6.17. The number of nitrogens with zero attached hydrogens (tertiary/aromatic N) is 1. The van der Waals surface area contributed by atoms with Gasteiger partial charge in [0.25, 0.3) is 0 Å². The number of anilines is 1. The number of hydrogen-bond donors (Lipinski definition) is 1. The van der Waals surface area contributed by atoms with Crippen molar-refractivity contribution in [2.75, 3.05) is 12.0 Å². The van der Waals surface area contributed by atoms with Crippen LogP contribution in [0.25, 0.3) is 22.4 Å². The van der Waals surface area contributed by atoms with Gasteiger partial charge in [0, 0.05) is 27.9 Å². The van der Waals surface area contributed by atoms with E-state index >= 15 is 0 Å². The molecule has 0 aliphatic rings. The van der Waals surface area contributed by atoms with E-state index in [1.165, 1.54) is 6.07 Å².